The Labute approximate surface area is 184 Å². The van der Waals surface area contributed by atoms with Crippen LogP contribution in [-0.2, 0) is 9.09 Å². The maximum absolute atomic E-state index is 13.9. The third-order valence-corrected chi connectivity index (χ3v) is 7.82. The Balaban J connectivity index is 3.02. The van der Waals surface area contributed by atoms with Crippen molar-refractivity contribution in [3.05, 3.63) is 35.9 Å². The van der Waals surface area contributed by atoms with Crippen molar-refractivity contribution in [3.63, 3.8) is 0 Å². The van der Waals surface area contributed by atoms with Gasteiger partial charge >= 0.3 is 7.67 Å². The summed E-state index contributed by atoms with van der Waals surface area (Å²) in [5.41, 5.74) is 1.04. The number of halogens is 5. The molecule has 0 N–H and O–H groups in total. The molecule has 0 amide bonds. The molecule has 1 aromatic carbocycles. The van der Waals surface area contributed by atoms with Crippen LogP contribution in [0.5, 0.6) is 0 Å². The fourth-order valence-corrected chi connectivity index (χ4v) is 6.75. The molecular weight excluding hydrogens is 505 g/mol. The Morgan fingerprint density at radius 1 is 0.885 bits per heavy atom. The molecule has 0 fully saturated rings. The normalized spacial score (nSPS) is 13.5. The van der Waals surface area contributed by atoms with E-state index in [4.69, 9.17) is 50.9 Å². The standard InChI is InChI=1S/C16H24BrCl4N2O2P/c17-16(15-4-2-1-3-5-15)14-25-26(24,22(10-6-18)11-7-19)23(12-8-20)13-9-21/h1-5,16H,6-14H2. The average molecular weight is 529 g/mol. The molecule has 26 heavy (non-hydrogen) atoms. The van der Waals surface area contributed by atoms with Gasteiger partial charge in [-0.15, -0.1) is 46.4 Å². The molecule has 0 aliphatic rings. The monoisotopic (exact) mass is 526 g/mol. The zero-order chi connectivity index (χ0) is 19.4. The van der Waals surface area contributed by atoms with Gasteiger partial charge in [0.25, 0.3) is 0 Å². The van der Waals surface area contributed by atoms with E-state index in [-0.39, 0.29) is 11.4 Å². The van der Waals surface area contributed by atoms with Crippen LogP contribution in [0.25, 0.3) is 0 Å². The number of rotatable bonds is 14. The van der Waals surface area contributed by atoms with Gasteiger partial charge in [0.15, 0.2) is 0 Å². The Morgan fingerprint density at radius 3 is 1.69 bits per heavy atom. The zero-order valence-electron chi connectivity index (χ0n) is 14.4. The van der Waals surface area contributed by atoms with Crippen LogP contribution in [0, 0.1) is 0 Å². The van der Waals surface area contributed by atoms with E-state index in [1.807, 2.05) is 30.3 Å². The molecule has 1 rings (SSSR count). The molecule has 0 bridgehead atoms. The van der Waals surface area contributed by atoms with Crippen LogP contribution in [0.3, 0.4) is 0 Å². The predicted octanol–water partition coefficient (Wildman–Crippen LogP) is 5.81. The third kappa shape index (κ3) is 7.77. The second kappa shape index (κ2) is 14.0. The van der Waals surface area contributed by atoms with Crippen molar-refractivity contribution in [1.29, 1.82) is 0 Å². The van der Waals surface area contributed by atoms with E-state index in [1.54, 1.807) is 9.34 Å². The van der Waals surface area contributed by atoms with Crippen LogP contribution in [0.1, 0.15) is 10.4 Å². The molecule has 0 aliphatic heterocycles. The van der Waals surface area contributed by atoms with E-state index in [0.717, 1.165) is 5.56 Å². The van der Waals surface area contributed by atoms with Gasteiger partial charge in [0.1, 0.15) is 0 Å². The Morgan fingerprint density at radius 2 is 1.31 bits per heavy atom. The highest BCUT2D eigenvalue weighted by atomic mass is 79.9. The van der Waals surface area contributed by atoms with Crippen molar-refractivity contribution in [2.24, 2.45) is 0 Å². The molecule has 0 heterocycles. The van der Waals surface area contributed by atoms with Gasteiger partial charge in [-0.3, -0.25) is 4.57 Å². The molecule has 0 aromatic heterocycles. The lowest BCUT2D eigenvalue weighted by atomic mass is 10.2. The maximum atomic E-state index is 13.9. The van der Waals surface area contributed by atoms with Crippen LogP contribution in [0.4, 0.5) is 0 Å². The Kier molecular flexibility index (Phi) is 13.5. The first-order valence-electron chi connectivity index (χ1n) is 8.21. The van der Waals surface area contributed by atoms with Crippen molar-refractivity contribution >= 4 is 70.0 Å². The summed E-state index contributed by atoms with van der Waals surface area (Å²) in [7, 11) is -3.38. The van der Waals surface area contributed by atoms with E-state index in [1.165, 1.54) is 0 Å². The molecule has 0 aliphatic carbocycles. The molecule has 1 atom stereocenters. The highest BCUT2D eigenvalue weighted by Gasteiger charge is 2.38. The van der Waals surface area contributed by atoms with Crippen LogP contribution >= 0.6 is 70.0 Å². The van der Waals surface area contributed by atoms with Gasteiger partial charge in [0.2, 0.25) is 0 Å². The number of nitrogens with zero attached hydrogens (tertiary/aromatic N) is 2. The minimum absolute atomic E-state index is 0.0975. The lowest BCUT2D eigenvalue weighted by Crippen LogP contribution is -2.37. The summed E-state index contributed by atoms with van der Waals surface area (Å²) in [6, 6.07) is 9.81. The van der Waals surface area contributed by atoms with E-state index < -0.39 is 7.67 Å². The van der Waals surface area contributed by atoms with E-state index >= 15 is 0 Å². The van der Waals surface area contributed by atoms with E-state index in [2.05, 4.69) is 15.9 Å². The third-order valence-electron chi connectivity index (χ3n) is 3.64. The number of hydrogen-bond acceptors (Lipinski definition) is 2. The van der Waals surface area contributed by atoms with Crippen LogP contribution in [0.15, 0.2) is 30.3 Å². The minimum atomic E-state index is -3.38. The summed E-state index contributed by atoms with van der Waals surface area (Å²) in [4.78, 5) is -0.0975. The lowest BCUT2D eigenvalue weighted by molar-refractivity contribution is 0.217. The molecule has 10 heteroatoms. The molecule has 0 radical (unpaired) electrons. The van der Waals surface area contributed by atoms with E-state index in [9.17, 15) is 4.57 Å². The maximum Gasteiger partial charge on any atom is 0.346 e. The molecule has 0 saturated carbocycles. The van der Waals surface area contributed by atoms with E-state index in [0.29, 0.717) is 49.7 Å². The first-order chi connectivity index (χ1) is 12.5. The Bertz CT molecular complexity index is 512. The quantitative estimate of drug-likeness (QED) is 0.225. The fourth-order valence-electron chi connectivity index (χ4n) is 2.38. The number of alkyl halides is 5. The molecule has 0 saturated heterocycles. The van der Waals surface area contributed by atoms with Crippen molar-refractivity contribution in [3.8, 4) is 0 Å². The molecular formula is C16H24BrCl4N2O2P. The van der Waals surface area contributed by atoms with Crippen LogP contribution in [-0.4, -0.2) is 65.6 Å². The second-order valence-corrected chi connectivity index (χ2v) is 10.3. The topological polar surface area (TPSA) is 32.8 Å². The summed E-state index contributed by atoms with van der Waals surface area (Å²) in [5, 5.41) is 0. The molecule has 0 spiro atoms. The predicted molar refractivity (Wildman–Crippen MR) is 118 cm³/mol. The van der Waals surface area contributed by atoms with Gasteiger partial charge < -0.3 is 4.52 Å². The van der Waals surface area contributed by atoms with Crippen LogP contribution in [0.2, 0.25) is 0 Å². The molecule has 4 nitrogen and oxygen atoms in total. The SMILES string of the molecule is O=P(OCC(Br)c1ccccc1)(N(CCCl)CCCl)N(CCCl)CCCl. The summed E-state index contributed by atoms with van der Waals surface area (Å²) < 4.78 is 23.3. The highest BCUT2D eigenvalue weighted by Crippen LogP contribution is 2.55. The van der Waals surface area contributed by atoms with Gasteiger partial charge in [0, 0.05) is 49.7 Å². The van der Waals surface area contributed by atoms with Gasteiger partial charge in [-0.2, -0.15) is 0 Å². The summed E-state index contributed by atoms with van der Waals surface area (Å²) in [6.07, 6.45) is 0. The smallest absolute Gasteiger partial charge is 0.304 e. The largest absolute Gasteiger partial charge is 0.346 e. The first kappa shape index (κ1) is 25.0. The molecule has 150 valence electrons. The molecule has 1 aromatic rings. The minimum Gasteiger partial charge on any atom is -0.304 e. The van der Waals surface area contributed by atoms with Crippen molar-refractivity contribution in [2.75, 3.05) is 56.3 Å². The highest BCUT2D eigenvalue weighted by molar-refractivity contribution is 9.09. The van der Waals surface area contributed by atoms with Crippen molar-refractivity contribution < 1.29 is 9.09 Å². The number of benzene rings is 1. The van der Waals surface area contributed by atoms with Gasteiger partial charge in [0.05, 0.1) is 11.4 Å². The number of hydrogen-bond donors (Lipinski definition) is 0. The van der Waals surface area contributed by atoms with Gasteiger partial charge in [-0.25, -0.2) is 9.34 Å². The molecule has 1 unspecified atom stereocenters. The fraction of sp³-hybridized carbons (Fsp3) is 0.625. The summed E-state index contributed by atoms with van der Waals surface area (Å²) in [6.45, 7) is 1.80. The van der Waals surface area contributed by atoms with Crippen molar-refractivity contribution in [2.45, 2.75) is 4.83 Å². The lowest BCUT2D eigenvalue weighted by Gasteiger charge is -2.37. The summed E-state index contributed by atoms with van der Waals surface area (Å²) >= 11 is 27.3. The second-order valence-electron chi connectivity index (χ2n) is 5.33. The van der Waals surface area contributed by atoms with Gasteiger partial charge in [-0.1, -0.05) is 46.3 Å². The van der Waals surface area contributed by atoms with Crippen LogP contribution < -0.4 is 0 Å². The average Bonchev–Trinajstić information content (AvgIpc) is 2.66. The Hall–Kier alpha value is 0.970. The first-order valence-corrected chi connectivity index (χ1v) is 12.8. The van der Waals surface area contributed by atoms with Crippen molar-refractivity contribution in [1.82, 2.24) is 9.34 Å². The van der Waals surface area contributed by atoms with Gasteiger partial charge in [-0.05, 0) is 5.56 Å². The zero-order valence-corrected chi connectivity index (χ0v) is 19.9. The summed E-state index contributed by atoms with van der Waals surface area (Å²) in [5.74, 6) is 1.26.